The van der Waals surface area contributed by atoms with Gasteiger partial charge in [0.1, 0.15) is 5.82 Å². The van der Waals surface area contributed by atoms with Crippen molar-refractivity contribution in [2.45, 2.75) is 25.8 Å². The third kappa shape index (κ3) is 2.22. The molecule has 20 heavy (non-hydrogen) atoms. The first kappa shape index (κ1) is 12.9. The molecule has 0 spiro atoms. The molecule has 1 heterocycles. The van der Waals surface area contributed by atoms with Crippen LogP contribution in [0.15, 0.2) is 30.3 Å². The number of carboxylic acid groups (broad SMARTS) is 1. The molecule has 1 aromatic heterocycles. The predicted octanol–water partition coefficient (Wildman–Crippen LogP) is 3.17. The Hall–Kier alpha value is -2.10. The minimum Gasteiger partial charge on any atom is -0.478 e. The third-order valence-electron chi connectivity index (χ3n) is 4.21. The van der Waals surface area contributed by atoms with Crippen LogP contribution in [0.4, 0.5) is 5.82 Å². The van der Waals surface area contributed by atoms with Gasteiger partial charge in [0.15, 0.2) is 0 Å². The molecule has 0 saturated heterocycles. The van der Waals surface area contributed by atoms with Gasteiger partial charge in [0, 0.05) is 18.5 Å². The molecule has 1 aliphatic carbocycles. The number of para-hydroxylation sites is 1. The average molecular weight is 270 g/mol. The number of carboxylic acids is 1. The molecular formula is C16H18N2O2. The Morgan fingerprint density at radius 1 is 1.40 bits per heavy atom. The molecular weight excluding hydrogens is 252 g/mol. The molecule has 1 aromatic carbocycles. The minimum absolute atomic E-state index is 0.320. The van der Waals surface area contributed by atoms with Crippen LogP contribution in [-0.2, 0) is 0 Å². The number of fused-ring (bicyclic) bond motifs is 1. The van der Waals surface area contributed by atoms with Crippen LogP contribution in [-0.4, -0.2) is 29.1 Å². The molecule has 104 valence electrons. The van der Waals surface area contributed by atoms with E-state index in [0.29, 0.717) is 22.9 Å². The van der Waals surface area contributed by atoms with E-state index in [1.54, 1.807) is 12.1 Å². The predicted molar refractivity (Wildman–Crippen MR) is 79.3 cm³/mol. The fraction of sp³-hybridized carbons (Fsp3) is 0.375. The van der Waals surface area contributed by atoms with Gasteiger partial charge in [-0.2, -0.15) is 0 Å². The lowest BCUT2D eigenvalue weighted by molar-refractivity contribution is 0.0699. The number of pyridine rings is 1. The summed E-state index contributed by atoms with van der Waals surface area (Å²) in [6.07, 6.45) is 2.51. The van der Waals surface area contributed by atoms with Gasteiger partial charge < -0.3 is 10.0 Å². The van der Waals surface area contributed by atoms with Crippen LogP contribution in [0.25, 0.3) is 10.9 Å². The molecule has 1 atom stereocenters. The number of aromatic carboxylic acids is 1. The molecule has 1 aliphatic rings. The van der Waals surface area contributed by atoms with Gasteiger partial charge in [0.05, 0.1) is 11.1 Å². The van der Waals surface area contributed by atoms with Crippen molar-refractivity contribution in [3.63, 3.8) is 0 Å². The van der Waals surface area contributed by atoms with Crippen LogP contribution in [0.5, 0.6) is 0 Å². The van der Waals surface area contributed by atoms with E-state index in [2.05, 4.69) is 16.8 Å². The minimum atomic E-state index is -0.905. The van der Waals surface area contributed by atoms with Crippen molar-refractivity contribution in [2.75, 3.05) is 11.9 Å². The molecule has 0 radical (unpaired) electrons. The van der Waals surface area contributed by atoms with E-state index in [-0.39, 0.29) is 0 Å². The van der Waals surface area contributed by atoms with Crippen LogP contribution in [0.2, 0.25) is 0 Å². The van der Waals surface area contributed by atoms with E-state index in [9.17, 15) is 9.90 Å². The monoisotopic (exact) mass is 270 g/mol. The molecule has 1 saturated carbocycles. The second-order valence-corrected chi connectivity index (χ2v) is 5.54. The Morgan fingerprint density at radius 2 is 2.10 bits per heavy atom. The molecule has 1 unspecified atom stereocenters. The number of aromatic nitrogens is 1. The van der Waals surface area contributed by atoms with Gasteiger partial charge in [-0.05, 0) is 37.8 Å². The summed E-state index contributed by atoms with van der Waals surface area (Å²) in [6, 6.07) is 9.47. The smallest absolute Gasteiger partial charge is 0.336 e. The largest absolute Gasteiger partial charge is 0.478 e. The molecule has 0 bridgehead atoms. The van der Waals surface area contributed by atoms with Crippen molar-refractivity contribution in [1.82, 2.24) is 4.98 Å². The van der Waals surface area contributed by atoms with Crippen molar-refractivity contribution < 1.29 is 9.90 Å². The van der Waals surface area contributed by atoms with Crippen LogP contribution >= 0.6 is 0 Å². The molecule has 1 fully saturated rings. The van der Waals surface area contributed by atoms with E-state index < -0.39 is 5.97 Å². The lowest BCUT2D eigenvalue weighted by atomic mass is 10.1. The Kier molecular flexibility index (Phi) is 3.08. The van der Waals surface area contributed by atoms with Crippen molar-refractivity contribution in [1.29, 1.82) is 0 Å². The van der Waals surface area contributed by atoms with E-state index in [0.717, 1.165) is 11.3 Å². The molecule has 3 rings (SSSR count). The first-order valence-electron chi connectivity index (χ1n) is 6.94. The van der Waals surface area contributed by atoms with Crippen molar-refractivity contribution >= 4 is 22.7 Å². The number of carbonyl (C=O) groups is 1. The topological polar surface area (TPSA) is 53.4 Å². The second-order valence-electron chi connectivity index (χ2n) is 5.54. The molecule has 0 aliphatic heterocycles. The zero-order valence-corrected chi connectivity index (χ0v) is 11.7. The summed E-state index contributed by atoms with van der Waals surface area (Å²) in [6.45, 7) is 2.18. The highest BCUT2D eigenvalue weighted by Crippen LogP contribution is 2.36. The van der Waals surface area contributed by atoms with E-state index in [1.807, 2.05) is 25.2 Å². The van der Waals surface area contributed by atoms with Gasteiger partial charge in [0.2, 0.25) is 0 Å². The summed E-state index contributed by atoms with van der Waals surface area (Å²) >= 11 is 0. The summed E-state index contributed by atoms with van der Waals surface area (Å²) in [5.74, 6) is 0.541. The normalized spacial score (nSPS) is 16.1. The summed E-state index contributed by atoms with van der Waals surface area (Å²) in [5, 5.41) is 10.1. The van der Waals surface area contributed by atoms with E-state index in [1.165, 1.54) is 12.8 Å². The fourth-order valence-electron chi connectivity index (χ4n) is 2.62. The first-order valence-corrected chi connectivity index (χ1v) is 6.94. The quantitative estimate of drug-likeness (QED) is 0.927. The Morgan fingerprint density at radius 3 is 2.75 bits per heavy atom. The molecule has 4 heteroatoms. The highest BCUT2D eigenvalue weighted by atomic mass is 16.4. The summed E-state index contributed by atoms with van der Waals surface area (Å²) in [4.78, 5) is 18.2. The number of rotatable bonds is 4. The Balaban J connectivity index is 2.09. The Bertz CT molecular complexity index is 665. The zero-order chi connectivity index (χ0) is 14.3. The maximum absolute atomic E-state index is 11.5. The van der Waals surface area contributed by atoms with Gasteiger partial charge in [-0.3, -0.25) is 0 Å². The van der Waals surface area contributed by atoms with Gasteiger partial charge >= 0.3 is 5.97 Å². The molecule has 0 amide bonds. The molecule has 4 nitrogen and oxygen atoms in total. The highest BCUT2D eigenvalue weighted by Gasteiger charge is 2.31. The van der Waals surface area contributed by atoms with Gasteiger partial charge in [-0.25, -0.2) is 9.78 Å². The maximum atomic E-state index is 11.5. The summed E-state index contributed by atoms with van der Waals surface area (Å²) in [5.41, 5.74) is 1.05. The first-order chi connectivity index (χ1) is 9.58. The van der Waals surface area contributed by atoms with E-state index >= 15 is 0 Å². The number of hydrogen-bond acceptors (Lipinski definition) is 3. The summed E-state index contributed by atoms with van der Waals surface area (Å²) in [7, 11) is 1.99. The SMILES string of the molecule is CC(C1CC1)N(C)c1cc(C(=O)O)c2ccccc2n1. The standard InChI is InChI=1S/C16H18N2O2/c1-10(11-7-8-11)18(2)15-9-13(16(19)20)12-5-3-4-6-14(12)17-15/h3-6,9-11H,7-8H2,1-2H3,(H,19,20). The van der Waals surface area contributed by atoms with Gasteiger partial charge in [-0.1, -0.05) is 18.2 Å². The molecule has 1 N–H and O–H groups in total. The van der Waals surface area contributed by atoms with Gasteiger partial charge in [-0.15, -0.1) is 0 Å². The van der Waals surface area contributed by atoms with E-state index in [4.69, 9.17) is 0 Å². The highest BCUT2D eigenvalue weighted by molar-refractivity contribution is 6.03. The number of benzene rings is 1. The second kappa shape index (κ2) is 4.78. The lowest BCUT2D eigenvalue weighted by Gasteiger charge is -2.26. The Labute approximate surface area is 118 Å². The van der Waals surface area contributed by atoms with Crippen molar-refractivity contribution in [3.8, 4) is 0 Å². The fourth-order valence-corrected chi connectivity index (χ4v) is 2.62. The lowest BCUT2D eigenvalue weighted by Crippen LogP contribution is -2.31. The number of anilines is 1. The van der Waals surface area contributed by atoms with Crippen LogP contribution in [0, 0.1) is 5.92 Å². The van der Waals surface area contributed by atoms with Crippen molar-refractivity contribution in [2.24, 2.45) is 5.92 Å². The van der Waals surface area contributed by atoms with Gasteiger partial charge in [0.25, 0.3) is 0 Å². The number of hydrogen-bond donors (Lipinski definition) is 1. The van der Waals surface area contributed by atoms with Crippen LogP contribution < -0.4 is 4.90 Å². The van der Waals surface area contributed by atoms with Crippen molar-refractivity contribution in [3.05, 3.63) is 35.9 Å². The zero-order valence-electron chi connectivity index (χ0n) is 11.7. The molecule has 2 aromatic rings. The average Bonchev–Trinajstić information content (AvgIpc) is 3.29. The maximum Gasteiger partial charge on any atom is 0.336 e. The summed E-state index contributed by atoms with van der Waals surface area (Å²) < 4.78 is 0. The number of nitrogens with zero attached hydrogens (tertiary/aromatic N) is 2. The third-order valence-corrected chi connectivity index (χ3v) is 4.21. The van der Waals surface area contributed by atoms with Crippen LogP contribution in [0.3, 0.4) is 0 Å². The van der Waals surface area contributed by atoms with Crippen LogP contribution in [0.1, 0.15) is 30.1 Å².